The average Bonchev–Trinajstić information content (AvgIpc) is 2.90. The molecule has 0 saturated heterocycles. The normalized spacial score (nSPS) is 15.9. The van der Waals surface area contributed by atoms with Crippen LogP contribution >= 0.6 is 15.9 Å². The predicted molar refractivity (Wildman–Crippen MR) is 76.0 cm³/mol. The Hall–Kier alpha value is -0.830. The third-order valence-electron chi connectivity index (χ3n) is 3.69. The molecular weight excluding hydrogens is 292 g/mol. The lowest BCUT2D eigenvalue weighted by Gasteiger charge is -2.11. The number of halogens is 1. The molecule has 0 unspecified atom stereocenters. The van der Waals surface area contributed by atoms with Gasteiger partial charge in [-0.05, 0) is 43.0 Å². The number of ketones is 1. The second-order valence-electron chi connectivity index (χ2n) is 4.90. The SMILES string of the molecule is COc1ccc(Br)cc1CCC(=O)C1CCCC1. The van der Waals surface area contributed by atoms with E-state index in [1.54, 1.807) is 7.11 Å². The highest BCUT2D eigenvalue weighted by Gasteiger charge is 2.22. The molecule has 1 aliphatic carbocycles. The molecule has 0 amide bonds. The van der Waals surface area contributed by atoms with Crippen molar-refractivity contribution >= 4 is 21.7 Å². The monoisotopic (exact) mass is 310 g/mol. The molecular formula is C15H19BrO2. The van der Waals surface area contributed by atoms with E-state index >= 15 is 0 Å². The Labute approximate surface area is 117 Å². The number of carbonyl (C=O) groups excluding carboxylic acids is 1. The molecule has 18 heavy (non-hydrogen) atoms. The van der Waals surface area contributed by atoms with E-state index < -0.39 is 0 Å². The lowest BCUT2D eigenvalue weighted by atomic mass is 9.96. The zero-order valence-corrected chi connectivity index (χ0v) is 12.3. The Kier molecular flexibility index (Phi) is 4.81. The van der Waals surface area contributed by atoms with Gasteiger partial charge in [0.1, 0.15) is 11.5 Å². The molecule has 0 heterocycles. The molecule has 3 heteroatoms. The highest BCUT2D eigenvalue weighted by Crippen LogP contribution is 2.28. The third-order valence-corrected chi connectivity index (χ3v) is 4.19. The highest BCUT2D eigenvalue weighted by molar-refractivity contribution is 9.10. The van der Waals surface area contributed by atoms with E-state index in [4.69, 9.17) is 4.74 Å². The fourth-order valence-corrected chi connectivity index (χ4v) is 3.06. The van der Waals surface area contributed by atoms with Crippen LogP contribution in [0.4, 0.5) is 0 Å². The van der Waals surface area contributed by atoms with E-state index in [2.05, 4.69) is 15.9 Å². The number of ether oxygens (including phenoxy) is 1. The quantitative estimate of drug-likeness (QED) is 0.816. The Morgan fingerprint density at radius 2 is 2.11 bits per heavy atom. The van der Waals surface area contributed by atoms with Crippen LogP contribution in [0.25, 0.3) is 0 Å². The van der Waals surface area contributed by atoms with Crippen molar-refractivity contribution in [2.45, 2.75) is 38.5 Å². The van der Waals surface area contributed by atoms with Crippen molar-refractivity contribution < 1.29 is 9.53 Å². The first-order valence-electron chi connectivity index (χ1n) is 6.56. The molecule has 0 aromatic heterocycles. The van der Waals surface area contributed by atoms with Gasteiger partial charge in [0.25, 0.3) is 0 Å². The fraction of sp³-hybridized carbons (Fsp3) is 0.533. The van der Waals surface area contributed by atoms with Gasteiger partial charge < -0.3 is 4.74 Å². The number of rotatable bonds is 5. The smallest absolute Gasteiger partial charge is 0.136 e. The summed E-state index contributed by atoms with van der Waals surface area (Å²) >= 11 is 3.46. The van der Waals surface area contributed by atoms with E-state index in [0.717, 1.165) is 35.0 Å². The number of carbonyl (C=O) groups is 1. The van der Waals surface area contributed by atoms with Crippen LogP contribution in [0.3, 0.4) is 0 Å². The third kappa shape index (κ3) is 3.35. The van der Waals surface area contributed by atoms with Crippen LogP contribution in [0.2, 0.25) is 0 Å². The minimum Gasteiger partial charge on any atom is -0.496 e. The number of benzene rings is 1. The summed E-state index contributed by atoms with van der Waals surface area (Å²) in [4.78, 5) is 12.1. The minimum atomic E-state index is 0.322. The van der Waals surface area contributed by atoms with E-state index in [1.165, 1.54) is 12.8 Å². The second kappa shape index (κ2) is 6.37. The van der Waals surface area contributed by atoms with Gasteiger partial charge in [-0.3, -0.25) is 4.79 Å². The van der Waals surface area contributed by atoms with Gasteiger partial charge in [-0.15, -0.1) is 0 Å². The molecule has 98 valence electrons. The van der Waals surface area contributed by atoms with Gasteiger partial charge in [0.15, 0.2) is 0 Å². The fourth-order valence-electron chi connectivity index (χ4n) is 2.65. The van der Waals surface area contributed by atoms with Gasteiger partial charge >= 0.3 is 0 Å². The van der Waals surface area contributed by atoms with Crippen LogP contribution in [-0.4, -0.2) is 12.9 Å². The number of hydrogen-bond donors (Lipinski definition) is 0. The lowest BCUT2D eigenvalue weighted by molar-refractivity contribution is -0.122. The van der Waals surface area contributed by atoms with Crippen molar-refractivity contribution in [3.05, 3.63) is 28.2 Å². The molecule has 2 nitrogen and oxygen atoms in total. The average molecular weight is 311 g/mol. The second-order valence-corrected chi connectivity index (χ2v) is 5.82. The molecule has 0 bridgehead atoms. The molecule has 0 N–H and O–H groups in total. The maximum absolute atomic E-state index is 12.1. The van der Waals surface area contributed by atoms with Crippen LogP contribution < -0.4 is 4.74 Å². The largest absolute Gasteiger partial charge is 0.496 e. The molecule has 1 aromatic carbocycles. The highest BCUT2D eigenvalue weighted by atomic mass is 79.9. The Bertz CT molecular complexity index is 423. The van der Waals surface area contributed by atoms with Crippen LogP contribution in [-0.2, 0) is 11.2 Å². The zero-order valence-electron chi connectivity index (χ0n) is 10.7. The van der Waals surface area contributed by atoms with E-state index in [9.17, 15) is 4.79 Å². The summed E-state index contributed by atoms with van der Waals surface area (Å²) in [7, 11) is 1.67. The molecule has 0 radical (unpaired) electrons. The van der Waals surface area contributed by atoms with Crippen LogP contribution in [0, 0.1) is 5.92 Å². The van der Waals surface area contributed by atoms with Crippen molar-refractivity contribution in [1.82, 2.24) is 0 Å². The number of methoxy groups -OCH3 is 1. The molecule has 0 spiro atoms. The molecule has 1 aliphatic rings. The van der Waals surface area contributed by atoms with Crippen molar-refractivity contribution in [2.24, 2.45) is 5.92 Å². The van der Waals surface area contributed by atoms with E-state index in [1.807, 2.05) is 18.2 Å². The van der Waals surface area contributed by atoms with Crippen LogP contribution in [0.15, 0.2) is 22.7 Å². The summed E-state index contributed by atoms with van der Waals surface area (Å²) in [5, 5.41) is 0. The van der Waals surface area contributed by atoms with Crippen LogP contribution in [0.5, 0.6) is 5.75 Å². The maximum Gasteiger partial charge on any atom is 0.136 e. The zero-order chi connectivity index (χ0) is 13.0. The lowest BCUT2D eigenvalue weighted by Crippen LogP contribution is -2.11. The first-order valence-corrected chi connectivity index (χ1v) is 7.35. The summed E-state index contributed by atoms with van der Waals surface area (Å²) < 4.78 is 6.36. The molecule has 2 rings (SSSR count). The molecule has 0 aliphatic heterocycles. The number of aryl methyl sites for hydroxylation is 1. The number of hydrogen-bond acceptors (Lipinski definition) is 2. The molecule has 1 fully saturated rings. The van der Waals surface area contributed by atoms with E-state index in [0.29, 0.717) is 18.1 Å². The molecule has 1 saturated carbocycles. The summed E-state index contributed by atoms with van der Waals surface area (Å²) in [5.74, 6) is 1.62. The van der Waals surface area contributed by atoms with Crippen molar-refractivity contribution in [2.75, 3.05) is 7.11 Å². The van der Waals surface area contributed by atoms with Gasteiger partial charge in [0.05, 0.1) is 7.11 Å². The van der Waals surface area contributed by atoms with Crippen LogP contribution in [0.1, 0.15) is 37.7 Å². The van der Waals surface area contributed by atoms with Gasteiger partial charge in [-0.25, -0.2) is 0 Å². The van der Waals surface area contributed by atoms with E-state index in [-0.39, 0.29) is 0 Å². The Balaban J connectivity index is 1.96. The Morgan fingerprint density at radius 3 is 2.78 bits per heavy atom. The van der Waals surface area contributed by atoms with Gasteiger partial charge in [-0.2, -0.15) is 0 Å². The number of Topliss-reactive ketones (excluding diaryl/α,β-unsaturated/α-hetero) is 1. The maximum atomic E-state index is 12.1. The first-order chi connectivity index (χ1) is 8.70. The van der Waals surface area contributed by atoms with Crippen molar-refractivity contribution in [1.29, 1.82) is 0 Å². The summed E-state index contributed by atoms with van der Waals surface area (Å²) in [5.41, 5.74) is 1.11. The van der Waals surface area contributed by atoms with Gasteiger partial charge in [0, 0.05) is 16.8 Å². The Morgan fingerprint density at radius 1 is 1.39 bits per heavy atom. The first kappa shape index (κ1) is 13.6. The van der Waals surface area contributed by atoms with Crippen molar-refractivity contribution in [3.63, 3.8) is 0 Å². The molecule has 1 aromatic rings. The van der Waals surface area contributed by atoms with Crippen molar-refractivity contribution in [3.8, 4) is 5.75 Å². The van der Waals surface area contributed by atoms with Gasteiger partial charge in [0.2, 0.25) is 0 Å². The van der Waals surface area contributed by atoms with Gasteiger partial charge in [-0.1, -0.05) is 28.8 Å². The summed E-state index contributed by atoms with van der Waals surface area (Å²) in [6.07, 6.45) is 6.03. The predicted octanol–water partition coefficient (Wildman–Crippen LogP) is 4.15. The summed E-state index contributed by atoms with van der Waals surface area (Å²) in [6, 6.07) is 5.95. The minimum absolute atomic E-state index is 0.322. The molecule has 0 atom stereocenters. The standard InChI is InChI=1S/C15H19BrO2/c1-18-15-9-7-13(16)10-12(15)6-8-14(17)11-4-2-3-5-11/h7,9-11H,2-6,8H2,1H3. The topological polar surface area (TPSA) is 26.3 Å². The summed E-state index contributed by atoms with van der Waals surface area (Å²) in [6.45, 7) is 0.